The first-order valence-electron chi connectivity index (χ1n) is 8.27. The van der Waals surface area contributed by atoms with Crippen LogP contribution in [0, 0.1) is 11.7 Å². The zero-order chi connectivity index (χ0) is 16.2. The lowest BCUT2D eigenvalue weighted by atomic mass is 10.0. The molecule has 1 aliphatic rings. The van der Waals surface area contributed by atoms with Crippen molar-refractivity contribution >= 4 is 16.9 Å². The molecule has 1 atom stereocenters. The monoisotopic (exact) mass is 318 g/mol. The number of hydrogen-bond acceptors (Lipinski definition) is 3. The zero-order valence-corrected chi connectivity index (χ0v) is 13.4. The molecule has 23 heavy (non-hydrogen) atoms. The van der Waals surface area contributed by atoms with Crippen LogP contribution < -0.4 is 5.32 Å². The van der Waals surface area contributed by atoms with Crippen molar-refractivity contribution < 1.29 is 9.18 Å². The van der Waals surface area contributed by atoms with Gasteiger partial charge in [0, 0.05) is 13.1 Å². The predicted octanol–water partition coefficient (Wildman–Crippen LogP) is 2.55. The summed E-state index contributed by atoms with van der Waals surface area (Å²) >= 11 is 0. The molecule has 0 saturated carbocycles. The molecule has 6 heteroatoms. The summed E-state index contributed by atoms with van der Waals surface area (Å²) in [6.45, 7) is 6.24. The fraction of sp³-hybridized carbons (Fsp3) is 0.529. The lowest BCUT2D eigenvalue weighted by Gasteiger charge is -2.30. The van der Waals surface area contributed by atoms with Crippen molar-refractivity contribution in [1.29, 1.82) is 0 Å². The van der Waals surface area contributed by atoms with Crippen LogP contribution in [0.25, 0.3) is 11.0 Å². The van der Waals surface area contributed by atoms with Crippen LogP contribution in [-0.2, 0) is 0 Å². The van der Waals surface area contributed by atoms with E-state index < -0.39 is 0 Å². The Hall–Kier alpha value is -1.95. The SMILES string of the molecule is CC1CCCN(CCCNC(=O)c2nc3ccc(F)cc3[nH]2)C1. The minimum absolute atomic E-state index is 0.234. The first-order valence-corrected chi connectivity index (χ1v) is 8.27. The van der Waals surface area contributed by atoms with Crippen molar-refractivity contribution in [2.24, 2.45) is 5.92 Å². The molecular formula is C17H23FN4O. The number of H-pyrrole nitrogens is 1. The molecule has 2 heterocycles. The zero-order valence-electron chi connectivity index (χ0n) is 13.4. The normalized spacial score (nSPS) is 19.1. The number of halogens is 1. The summed E-state index contributed by atoms with van der Waals surface area (Å²) in [4.78, 5) is 21.6. The Morgan fingerprint density at radius 1 is 1.52 bits per heavy atom. The number of benzene rings is 1. The average molecular weight is 318 g/mol. The first kappa shape index (κ1) is 15.9. The third-order valence-electron chi connectivity index (χ3n) is 4.34. The highest BCUT2D eigenvalue weighted by Gasteiger charge is 2.16. The summed E-state index contributed by atoms with van der Waals surface area (Å²) in [5.74, 6) is 0.420. The first-order chi connectivity index (χ1) is 11.1. The number of piperidine rings is 1. The molecule has 1 fully saturated rings. The highest BCUT2D eigenvalue weighted by atomic mass is 19.1. The number of aromatic amines is 1. The molecular weight excluding hydrogens is 295 g/mol. The lowest BCUT2D eigenvalue weighted by Crippen LogP contribution is -2.36. The maximum atomic E-state index is 13.1. The largest absolute Gasteiger partial charge is 0.349 e. The van der Waals surface area contributed by atoms with Gasteiger partial charge in [-0.05, 0) is 56.5 Å². The van der Waals surface area contributed by atoms with Gasteiger partial charge in [0.05, 0.1) is 11.0 Å². The number of carbonyl (C=O) groups excluding carboxylic acids is 1. The topological polar surface area (TPSA) is 61.0 Å². The van der Waals surface area contributed by atoms with E-state index in [2.05, 4.69) is 27.1 Å². The molecule has 124 valence electrons. The molecule has 1 amide bonds. The molecule has 3 rings (SSSR count). The van der Waals surface area contributed by atoms with Crippen LogP contribution >= 0.6 is 0 Å². The van der Waals surface area contributed by atoms with E-state index in [-0.39, 0.29) is 17.5 Å². The van der Waals surface area contributed by atoms with E-state index >= 15 is 0 Å². The Morgan fingerprint density at radius 3 is 3.22 bits per heavy atom. The molecule has 1 aliphatic heterocycles. The standard InChI is InChI=1S/C17H23FN4O/c1-12-4-2-8-22(11-12)9-3-7-19-17(23)16-20-14-6-5-13(18)10-15(14)21-16/h5-6,10,12H,2-4,7-9,11H2,1H3,(H,19,23)(H,20,21). The summed E-state index contributed by atoms with van der Waals surface area (Å²) < 4.78 is 13.1. The molecule has 0 aliphatic carbocycles. The number of nitrogens with zero attached hydrogens (tertiary/aromatic N) is 2. The summed E-state index contributed by atoms with van der Waals surface area (Å²) in [7, 11) is 0. The molecule has 1 aromatic heterocycles. The third kappa shape index (κ3) is 4.07. The van der Waals surface area contributed by atoms with Crippen LogP contribution in [0.4, 0.5) is 4.39 Å². The van der Waals surface area contributed by atoms with Gasteiger partial charge in [0.1, 0.15) is 5.82 Å². The van der Waals surface area contributed by atoms with Crippen LogP contribution in [-0.4, -0.2) is 47.0 Å². The third-order valence-corrected chi connectivity index (χ3v) is 4.34. The van der Waals surface area contributed by atoms with Gasteiger partial charge in [0.2, 0.25) is 0 Å². The Labute approximate surface area is 135 Å². The number of imidazole rings is 1. The molecule has 0 radical (unpaired) electrons. The Morgan fingerprint density at radius 2 is 2.39 bits per heavy atom. The van der Waals surface area contributed by atoms with Gasteiger partial charge in [-0.25, -0.2) is 9.37 Å². The van der Waals surface area contributed by atoms with Crippen LogP contribution in [0.1, 0.15) is 36.8 Å². The predicted molar refractivity (Wildman–Crippen MR) is 87.8 cm³/mol. The van der Waals surface area contributed by atoms with E-state index in [1.54, 1.807) is 6.07 Å². The highest BCUT2D eigenvalue weighted by Crippen LogP contribution is 2.15. The highest BCUT2D eigenvalue weighted by molar-refractivity contribution is 5.94. The van der Waals surface area contributed by atoms with Gasteiger partial charge in [-0.2, -0.15) is 0 Å². The van der Waals surface area contributed by atoms with E-state index in [9.17, 15) is 9.18 Å². The maximum Gasteiger partial charge on any atom is 0.287 e. The number of likely N-dealkylation sites (tertiary alicyclic amines) is 1. The maximum absolute atomic E-state index is 13.1. The summed E-state index contributed by atoms with van der Waals surface area (Å²) in [5, 5.41) is 2.87. The minimum Gasteiger partial charge on any atom is -0.349 e. The van der Waals surface area contributed by atoms with Gasteiger partial charge in [-0.15, -0.1) is 0 Å². The van der Waals surface area contributed by atoms with Gasteiger partial charge in [0.15, 0.2) is 5.82 Å². The second-order valence-corrected chi connectivity index (χ2v) is 6.40. The molecule has 1 unspecified atom stereocenters. The number of amides is 1. The average Bonchev–Trinajstić information content (AvgIpc) is 2.94. The molecule has 1 aromatic carbocycles. The summed E-state index contributed by atoms with van der Waals surface area (Å²) in [6, 6.07) is 4.25. The van der Waals surface area contributed by atoms with Gasteiger partial charge < -0.3 is 15.2 Å². The fourth-order valence-electron chi connectivity index (χ4n) is 3.17. The number of fused-ring (bicyclic) bond motifs is 1. The van der Waals surface area contributed by atoms with E-state index in [1.807, 2.05) is 0 Å². The quantitative estimate of drug-likeness (QED) is 0.833. The molecule has 1 saturated heterocycles. The van der Waals surface area contributed by atoms with E-state index in [1.165, 1.54) is 25.0 Å². The molecule has 5 nitrogen and oxygen atoms in total. The lowest BCUT2D eigenvalue weighted by molar-refractivity contribution is 0.0941. The van der Waals surface area contributed by atoms with Crippen molar-refractivity contribution in [2.45, 2.75) is 26.2 Å². The second kappa shape index (κ2) is 7.08. The minimum atomic E-state index is -0.344. The van der Waals surface area contributed by atoms with E-state index in [4.69, 9.17) is 0 Å². The summed E-state index contributed by atoms with van der Waals surface area (Å²) in [5.41, 5.74) is 1.14. The molecule has 0 bridgehead atoms. The smallest absolute Gasteiger partial charge is 0.287 e. The van der Waals surface area contributed by atoms with Crippen molar-refractivity contribution in [3.8, 4) is 0 Å². The molecule has 2 N–H and O–H groups in total. The van der Waals surface area contributed by atoms with Crippen LogP contribution in [0.2, 0.25) is 0 Å². The number of hydrogen-bond donors (Lipinski definition) is 2. The van der Waals surface area contributed by atoms with E-state index in [0.717, 1.165) is 32.0 Å². The number of carbonyl (C=O) groups is 1. The van der Waals surface area contributed by atoms with Crippen molar-refractivity contribution in [1.82, 2.24) is 20.2 Å². The van der Waals surface area contributed by atoms with Crippen LogP contribution in [0.15, 0.2) is 18.2 Å². The van der Waals surface area contributed by atoms with Gasteiger partial charge in [0.25, 0.3) is 5.91 Å². The second-order valence-electron chi connectivity index (χ2n) is 6.40. The molecule has 2 aromatic rings. The van der Waals surface area contributed by atoms with Crippen molar-refractivity contribution in [2.75, 3.05) is 26.2 Å². The number of nitrogens with one attached hydrogen (secondary N) is 2. The van der Waals surface area contributed by atoms with Crippen molar-refractivity contribution in [3.05, 3.63) is 29.8 Å². The Balaban J connectivity index is 1.46. The fourth-order valence-corrected chi connectivity index (χ4v) is 3.17. The Bertz CT molecular complexity index is 684. The van der Waals surface area contributed by atoms with Crippen LogP contribution in [0.3, 0.4) is 0 Å². The van der Waals surface area contributed by atoms with Crippen LogP contribution in [0.5, 0.6) is 0 Å². The van der Waals surface area contributed by atoms with Gasteiger partial charge >= 0.3 is 0 Å². The Kier molecular flexibility index (Phi) is 4.91. The summed E-state index contributed by atoms with van der Waals surface area (Å²) in [6.07, 6.45) is 3.51. The number of rotatable bonds is 5. The molecule has 0 spiro atoms. The van der Waals surface area contributed by atoms with E-state index in [0.29, 0.717) is 17.6 Å². The van der Waals surface area contributed by atoms with Gasteiger partial charge in [-0.3, -0.25) is 4.79 Å². The van der Waals surface area contributed by atoms with Crippen molar-refractivity contribution in [3.63, 3.8) is 0 Å². The number of aromatic nitrogens is 2. The van der Waals surface area contributed by atoms with Gasteiger partial charge in [-0.1, -0.05) is 6.92 Å².